The molecule has 2 nitrogen and oxygen atoms in total. The molecule has 0 N–H and O–H groups in total. The Kier molecular flexibility index (Phi) is 1.47. The second-order valence-corrected chi connectivity index (χ2v) is 2.50. The summed E-state index contributed by atoms with van der Waals surface area (Å²) in [4.78, 5) is 11.1. The standard InChI is InChI=1S/C10H7O2/c1-2-9-7-5-3-4-6-8(7)10(11)12-9/h2-6H,1H2. The molecule has 0 spiro atoms. The summed E-state index contributed by atoms with van der Waals surface area (Å²) >= 11 is 0. The molecule has 0 amide bonds. The molecule has 1 aliphatic heterocycles. The molecule has 2 rings (SSSR count). The molecule has 1 radical (unpaired) electrons. The Morgan fingerprint density at radius 3 is 2.58 bits per heavy atom. The van der Waals surface area contributed by atoms with Crippen LogP contribution in [0.4, 0.5) is 0 Å². The topological polar surface area (TPSA) is 26.3 Å². The highest BCUT2D eigenvalue weighted by Gasteiger charge is 2.24. The van der Waals surface area contributed by atoms with E-state index in [-0.39, 0.29) is 5.97 Å². The van der Waals surface area contributed by atoms with Gasteiger partial charge >= 0.3 is 5.97 Å². The molecule has 1 heterocycles. The molecule has 0 aromatic heterocycles. The second kappa shape index (κ2) is 2.48. The number of fused-ring (bicyclic) bond motifs is 1. The molecule has 0 fully saturated rings. The van der Waals surface area contributed by atoms with Crippen molar-refractivity contribution in [2.24, 2.45) is 0 Å². The van der Waals surface area contributed by atoms with Crippen molar-refractivity contribution in [1.82, 2.24) is 0 Å². The first-order valence-corrected chi connectivity index (χ1v) is 3.64. The van der Waals surface area contributed by atoms with Crippen molar-refractivity contribution < 1.29 is 9.53 Å². The average molecular weight is 159 g/mol. The Balaban J connectivity index is 2.65. The normalized spacial score (nSPS) is 17.8. The average Bonchev–Trinajstić information content (AvgIpc) is 2.44. The maximum Gasteiger partial charge on any atom is 0.344 e. The zero-order valence-electron chi connectivity index (χ0n) is 6.41. The third-order valence-corrected chi connectivity index (χ3v) is 1.80. The van der Waals surface area contributed by atoms with Gasteiger partial charge < -0.3 is 4.74 Å². The van der Waals surface area contributed by atoms with E-state index in [1.807, 2.05) is 18.2 Å². The molecule has 0 aliphatic carbocycles. The van der Waals surface area contributed by atoms with E-state index in [1.54, 1.807) is 12.1 Å². The summed E-state index contributed by atoms with van der Waals surface area (Å²) in [5, 5.41) is 0. The molecule has 0 atom stereocenters. The number of rotatable bonds is 0. The summed E-state index contributed by atoms with van der Waals surface area (Å²) in [6, 6.07) is 7.27. The van der Waals surface area contributed by atoms with Gasteiger partial charge in [0.2, 0.25) is 0 Å². The summed E-state index contributed by atoms with van der Waals surface area (Å²) < 4.78 is 4.94. The van der Waals surface area contributed by atoms with Gasteiger partial charge in [0.25, 0.3) is 0 Å². The molecular formula is C10H7O2. The minimum atomic E-state index is -0.291. The van der Waals surface area contributed by atoms with Crippen molar-refractivity contribution in [1.29, 1.82) is 0 Å². The van der Waals surface area contributed by atoms with E-state index >= 15 is 0 Å². The number of hydrogen-bond donors (Lipinski definition) is 0. The van der Waals surface area contributed by atoms with Gasteiger partial charge in [-0.3, -0.25) is 0 Å². The molecule has 0 bridgehead atoms. The van der Waals surface area contributed by atoms with E-state index < -0.39 is 0 Å². The Bertz CT molecular complexity index is 364. The monoisotopic (exact) mass is 159 g/mol. The maximum absolute atomic E-state index is 11.1. The molecule has 0 unspecified atom stereocenters. The Labute approximate surface area is 70.5 Å². The number of esters is 1. The SMILES string of the molecule is [CH2]C=C1OC(=O)c2ccccc21. The van der Waals surface area contributed by atoms with Crippen molar-refractivity contribution in [2.75, 3.05) is 0 Å². The molecule has 1 aliphatic rings. The van der Waals surface area contributed by atoms with Crippen LogP contribution in [0.2, 0.25) is 0 Å². The minimum absolute atomic E-state index is 0.291. The predicted octanol–water partition coefficient (Wildman–Crippen LogP) is 2.03. The van der Waals surface area contributed by atoms with E-state index in [9.17, 15) is 4.79 Å². The van der Waals surface area contributed by atoms with Crippen LogP contribution in [0.15, 0.2) is 30.3 Å². The number of hydrogen-bond acceptors (Lipinski definition) is 2. The fourth-order valence-electron chi connectivity index (χ4n) is 1.24. The van der Waals surface area contributed by atoms with Crippen molar-refractivity contribution in [3.63, 3.8) is 0 Å². The molecular weight excluding hydrogens is 152 g/mol. The minimum Gasteiger partial charge on any atom is -0.423 e. The van der Waals surface area contributed by atoms with Crippen LogP contribution in [0, 0.1) is 6.92 Å². The van der Waals surface area contributed by atoms with Gasteiger partial charge in [-0.1, -0.05) is 18.2 Å². The fraction of sp³-hybridized carbons (Fsp3) is 0. The number of benzene rings is 1. The molecule has 0 saturated heterocycles. The van der Waals surface area contributed by atoms with Gasteiger partial charge in [-0.05, 0) is 19.1 Å². The van der Waals surface area contributed by atoms with Gasteiger partial charge in [0.05, 0.1) is 5.56 Å². The molecule has 59 valence electrons. The van der Waals surface area contributed by atoms with Gasteiger partial charge in [0.1, 0.15) is 5.76 Å². The van der Waals surface area contributed by atoms with Gasteiger partial charge in [-0.25, -0.2) is 4.79 Å². The second-order valence-electron chi connectivity index (χ2n) is 2.50. The van der Waals surface area contributed by atoms with Crippen LogP contribution in [-0.2, 0) is 4.74 Å². The van der Waals surface area contributed by atoms with Crippen LogP contribution in [0.25, 0.3) is 5.76 Å². The lowest BCUT2D eigenvalue weighted by molar-refractivity contribution is 0.0716. The number of carbonyl (C=O) groups excluding carboxylic acids is 1. The van der Waals surface area contributed by atoms with Gasteiger partial charge in [-0.15, -0.1) is 0 Å². The summed E-state index contributed by atoms with van der Waals surface area (Å²) in [6.45, 7) is 3.56. The van der Waals surface area contributed by atoms with Crippen LogP contribution >= 0.6 is 0 Å². The van der Waals surface area contributed by atoms with Crippen LogP contribution in [-0.4, -0.2) is 5.97 Å². The smallest absolute Gasteiger partial charge is 0.344 e. The van der Waals surface area contributed by atoms with Crippen LogP contribution in [0.1, 0.15) is 15.9 Å². The Morgan fingerprint density at radius 1 is 1.25 bits per heavy atom. The Morgan fingerprint density at radius 2 is 1.92 bits per heavy atom. The first kappa shape index (κ1) is 7.10. The van der Waals surface area contributed by atoms with Crippen molar-refractivity contribution in [3.8, 4) is 0 Å². The summed E-state index contributed by atoms with van der Waals surface area (Å²) in [5.41, 5.74) is 1.45. The van der Waals surface area contributed by atoms with E-state index in [4.69, 9.17) is 4.74 Å². The van der Waals surface area contributed by atoms with E-state index in [0.29, 0.717) is 11.3 Å². The van der Waals surface area contributed by atoms with Crippen LogP contribution < -0.4 is 0 Å². The summed E-state index contributed by atoms with van der Waals surface area (Å²) in [7, 11) is 0. The van der Waals surface area contributed by atoms with Gasteiger partial charge in [0, 0.05) is 5.56 Å². The number of carbonyl (C=O) groups is 1. The van der Waals surface area contributed by atoms with E-state index in [2.05, 4.69) is 6.92 Å². The highest BCUT2D eigenvalue weighted by Crippen LogP contribution is 2.28. The molecule has 1 aromatic carbocycles. The number of ether oxygens (including phenoxy) is 1. The molecule has 2 heteroatoms. The lowest BCUT2D eigenvalue weighted by Crippen LogP contribution is -1.91. The summed E-state index contributed by atoms with van der Waals surface area (Å²) in [6.07, 6.45) is 1.55. The molecule has 0 saturated carbocycles. The first-order valence-electron chi connectivity index (χ1n) is 3.64. The number of allylic oxidation sites excluding steroid dienone is 1. The zero-order valence-corrected chi connectivity index (χ0v) is 6.41. The van der Waals surface area contributed by atoms with Crippen molar-refractivity contribution >= 4 is 11.7 Å². The molecule has 12 heavy (non-hydrogen) atoms. The van der Waals surface area contributed by atoms with E-state index in [1.165, 1.54) is 0 Å². The van der Waals surface area contributed by atoms with Gasteiger partial charge in [0.15, 0.2) is 0 Å². The van der Waals surface area contributed by atoms with Crippen molar-refractivity contribution in [3.05, 3.63) is 48.4 Å². The van der Waals surface area contributed by atoms with Crippen LogP contribution in [0.5, 0.6) is 0 Å². The third-order valence-electron chi connectivity index (χ3n) is 1.80. The Hall–Kier alpha value is -1.57. The van der Waals surface area contributed by atoms with Crippen molar-refractivity contribution in [2.45, 2.75) is 0 Å². The lowest BCUT2D eigenvalue weighted by atomic mass is 10.1. The number of cyclic esters (lactones) is 1. The quantitative estimate of drug-likeness (QED) is 0.541. The van der Waals surface area contributed by atoms with E-state index in [0.717, 1.165) is 5.56 Å². The van der Waals surface area contributed by atoms with Crippen LogP contribution in [0.3, 0.4) is 0 Å². The lowest BCUT2D eigenvalue weighted by Gasteiger charge is -1.93. The highest BCUT2D eigenvalue weighted by atomic mass is 16.5. The zero-order chi connectivity index (χ0) is 8.55. The summed E-state index contributed by atoms with van der Waals surface area (Å²) in [5.74, 6) is 0.260. The third kappa shape index (κ3) is 0.848. The largest absolute Gasteiger partial charge is 0.423 e. The fourth-order valence-corrected chi connectivity index (χ4v) is 1.24. The maximum atomic E-state index is 11.1. The predicted molar refractivity (Wildman–Crippen MR) is 45.2 cm³/mol. The van der Waals surface area contributed by atoms with Gasteiger partial charge in [-0.2, -0.15) is 0 Å². The molecule has 1 aromatic rings. The first-order chi connectivity index (χ1) is 5.83. The highest BCUT2D eigenvalue weighted by molar-refractivity contribution is 6.02.